The summed E-state index contributed by atoms with van der Waals surface area (Å²) in [5.41, 5.74) is 0. The minimum atomic E-state index is -2.86. The van der Waals surface area contributed by atoms with Gasteiger partial charge in [-0.05, 0) is 19.3 Å². The summed E-state index contributed by atoms with van der Waals surface area (Å²) >= 11 is 0. The lowest BCUT2D eigenvalue weighted by molar-refractivity contribution is 0.141. The van der Waals surface area contributed by atoms with Gasteiger partial charge in [0.1, 0.15) is 9.84 Å². The summed E-state index contributed by atoms with van der Waals surface area (Å²) < 4.78 is 27.2. The maximum atomic E-state index is 11.0. The smallest absolute Gasteiger partial charge is 0.147 e. The van der Waals surface area contributed by atoms with Crippen molar-refractivity contribution in [1.29, 1.82) is 0 Å². The lowest BCUT2D eigenvalue weighted by Crippen LogP contribution is -2.43. The Morgan fingerprint density at radius 2 is 1.81 bits per heavy atom. The molecule has 0 spiro atoms. The largest absolute Gasteiger partial charge is 0.383 e. The van der Waals surface area contributed by atoms with Crippen molar-refractivity contribution < 1.29 is 13.2 Å². The third kappa shape index (κ3) is 8.07. The van der Waals surface area contributed by atoms with Gasteiger partial charge in [-0.1, -0.05) is 13.8 Å². The zero-order valence-corrected chi connectivity index (χ0v) is 11.8. The van der Waals surface area contributed by atoms with Crippen LogP contribution in [0.4, 0.5) is 0 Å². The minimum absolute atomic E-state index is 0.192. The molecule has 0 aromatic heterocycles. The molecule has 0 aliphatic carbocycles. The molecule has 5 heteroatoms. The Morgan fingerprint density at radius 3 is 2.19 bits per heavy atom. The van der Waals surface area contributed by atoms with Gasteiger partial charge in [-0.25, -0.2) is 8.42 Å². The Hall–Kier alpha value is -0.130. The van der Waals surface area contributed by atoms with Crippen LogP contribution in [0.2, 0.25) is 0 Å². The van der Waals surface area contributed by atoms with E-state index in [1.54, 1.807) is 7.11 Å². The maximum Gasteiger partial charge on any atom is 0.147 e. The molecule has 0 amide bonds. The Labute approximate surface area is 99.7 Å². The van der Waals surface area contributed by atoms with Crippen LogP contribution in [-0.4, -0.2) is 46.2 Å². The highest BCUT2D eigenvalue weighted by Crippen LogP contribution is 2.05. The summed E-state index contributed by atoms with van der Waals surface area (Å²) in [4.78, 5) is 0. The highest BCUT2D eigenvalue weighted by atomic mass is 32.2. The monoisotopic (exact) mass is 251 g/mol. The molecular weight excluding hydrogens is 226 g/mol. The van der Waals surface area contributed by atoms with Crippen LogP contribution in [0, 0.1) is 5.92 Å². The summed E-state index contributed by atoms with van der Waals surface area (Å²) in [6.07, 6.45) is 1.92. The molecule has 0 heterocycles. The topological polar surface area (TPSA) is 55.4 Å². The molecule has 2 atom stereocenters. The van der Waals surface area contributed by atoms with Gasteiger partial charge in [-0.15, -0.1) is 0 Å². The van der Waals surface area contributed by atoms with Gasteiger partial charge in [0, 0.05) is 25.4 Å². The molecule has 4 nitrogen and oxygen atoms in total. The third-order valence-electron chi connectivity index (χ3n) is 2.57. The van der Waals surface area contributed by atoms with Gasteiger partial charge in [0.2, 0.25) is 0 Å². The van der Waals surface area contributed by atoms with Crippen molar-refractivity contribution in [2.24, 2.45) is 5.92 Å². The number of methoxy groups -OCH3 is 1. The summed E-state index contributed by atoms with van der Waals surface area (Å²) in [5.74, 6) is 0.708. The second kappa shape index (κ2) is 7.25. The van der Waals surface area contributed by atoms with Crippen LogP contribution in [-0.2, 0) is 14.6 Å². The minimum Gasteiger partial charge on any atom is -0.383 e. The van der Waals surface area contributed by atoms with E-state index in [1.165, 1.54) is 6.26 Å². The molecule has 1 N–H and O–H groups in total. The molecule has 0 bridgehead atoms. The number of nitrogens with one attached hydrogen (secondary N) is 1. The fourth-order valence-corrected chi connectivity index (χ4v) is 2.23. The predicted octanol–water partition coefficient (Wildman–Crippen LogP) is 1.07. The first-order valence-corrected chi connectivity index (χ1v) is 7.75. The Kier molecular flexibility index (Phi) is 7.19. The van der Waals surface area contributed by atoms with Crippen LogP contribution in [0.15, 0.2) is 0 Å². The molecular formula is C11H25NO3S. The van der Waals surface area contributed by atoms with Crippen molar-refractivity contribution in [2.75, 3.05) is 25.7 Å². The molecule has 0 aliphatic heterocycles. The molecule has 0 saturated carbocycles. The van der Waals surface area contributed by atoms with Gasteiger partial charge in [-0.3, -0.25) is 0 Å². The number of hydrogen-bond acceptors (Lipinski definition) is 4. The summed E-state index contributed by atoms with van der Waals surface area (Å²) in [7, 11) is -1.18. The predicted molar refractivity (Wildman–Crippen MR) is 67.4 cm³/mol. The number of rotatable bonds is 8. The summed E-state index contributed by atoms with van der Waals surface area (Å²) in [6, 6.07) is 0.469. The molecule has 0 radical (unpaired) electrons. The normalized spacial score (nSPS) is 16.4. The van der Waals surface area contributed by atoms with Crippen LogP contribution in [0.25, 0.3) is 0 Å². The lowest BCUT2D eigenvalue weighted by Gasteiger charge is -2.25. The van der Waals surface area contributed by atoms with Crippen molar-refractivity contribution in [3.05, 3.63) is 0 Å². The van der Waals surface area contributed by atoms with Crippen LogP contribution < -0.4 is 5.32 Å². The van der Waals surface area contributed by atoms with E-state index in [0.717, 1.165) is 0 Å². The zero-order valence-electron chi connectivity index (χ0n) is 11.0. The molecule has 98 valence electrons. The van der Waals surface area contributed by atoms with Gasteiger partial charge < -0.3 is 10.1 Å². The van der Waals surface area contributed by atoms with Gasteiger partial charge in [0.25, 0.3) is 0 Å². The standard InChI is InChI=1S/C11H25NO3S/c1-9(2)11(8-15-4)12-10(3)6-7-16(5,13)14/h9-12H,6-8H2,1-5H3. The van der Waals surface area contributed by atoms with E-state index in [4.69, 9.17) is 4.74 Å². The SMILES string of the molecule is COCC(NC(C)CCS(C)(=O)=O)C(C)C. The lowest BCUT2D eigenvalue weighted by atomic mass is 10.0. The first kappa shape index (κ1) is 15.9. The zero-order chi connectivity index (χ0) is 12.8. The average Bonchev–Trinajstić information content (AvgIpc) is 2.13. The maximum absolute atomic E-state index is 11.0. The fourth-order valence-electron chi connectivity index (χ4n) is 1.45. The van der Waals surface area contributed by atoms with Gasteiger partial charge in [0.15, 0.2) is 0 Å². The van der Waals surface area contributed by atoms with E-state index in [0.29, 0.717) is 18.9 Å². The number of sulfone groups is 1. The highest BCUT2D eigenvalue weighted by Gasteiger charge is 2.16. The van der Waals surface area contributed by atoms with E-state index >= 15 is 0 Å². The van der Waals surface area contributed by atoms with Gasteiger partial charge in [0.05, 0.1) is 12.4 Å². The molecule has 0 aromatic carbocycles. The van der Waals surface area contributed by atoms with E-state index in [9.17, 15) is 8.42 Å². The first-order chi connectivity index (χ1) is 7.26. The highest BCUT2D eigenvalue weighted by molar-refractivity contribution is 7.90. The van der Waals surface area contributed by atoms with Crippen molar-refractivity contribution in [2.45, 2.75) is 39.3 Å². The average molecular weight is 251 g/mol. The quantitative estimate of drug-likeness (QED) is 0.701. The summed E-state index contributed by atoms with van der Waals surface area (Å²) in [6.45, 7) is 6.91. The number of hydrogen-bond donors (Lipinski definition) is 1. The van der Waals surface area contributed by atoms with Crippen LogP contribution in [0.3, 0.4) is 0 Å². The van der Waals surface area contributed by atoms with Gasteiger partial charge >= 0.3 is 0 Å². The fraction of sp³-hybridized carbons (Fsp3) is 1.00. The second-order valence-corrected chi connectivity index (χ2v) is 7.05. The van der Waals surface area contributed by atoms with Crippen LogP contribution in [0.5, 0.6) is 0 Å². The Balaban J connectivity index is 4.04. The molecule has 0 rings (SSSR count). The first-order valence-electron chi connectivity index (χ1n) is 5.69. The van der Waals surface area contributed by atoms with Crippen molar-refractivity contribution >= 4 is 9.84 Å². The number of ether oxygens (including phenoxy) is 1. The molecule has 0 aliphatic rings. The van der Waals surface area contributed by atoms with E-state index in [2.05, 4.69) is 19.2 Å². The van der Waals surface area contributed by atoms with Crippen molar-refractivity contribution in [1.82, 2.24) is 5.32 Å². The molecule has 0 fully saturated rings. The Morgan fingerprint density at radius 1 is 1.25 bits per heavy atom. The van der Waals surface area contributed by atoms with Crippen LogP contribution >= 0.6 is 0 Å². The van der Waals surface area contributed by atoms with Crippen molar-refractivity contribution in [3.63, 3.8) is 0 Å². The van der Waals surface area contributed by atoms with E-state index in [-0.39, 0.29) is 17.8 Å². The molecule has 0 saturated heterocycles. The van der Waals surface area contributed by atoms with Gasteiger partial charge in [-0.2, -0.15) is 0 Å². The van der Waals surface area contributed by atoms with Crippen LogP contribution in [0.1, 0.15) is 27.2 Å². The van der Waals surface area contributed by atoms with E-state index in [1.807, 2.05) is 6.92 Å². The molecule has 16 heavy (non-hydrogen) atoms. The van der Waals surface area contributed by atoms with E-state index < -0.39 is 9.84 Å². The van der Waals surface area contributed by atoms with Crippen molar-refractivity contribution in [3.8, 4) is 0 Å². The molecule has 2 unspecified atom stereocenters. The Bertz CT molecular complexity index is 275. The summed E-state index contributed by atoms with van der Waals surface area (Å²) in [5, 5.41) is 3.40. The second-order valence-electron chi connectivity index (χ2n) is 4.79. The molecule has 0 aromatic rings. The third-order valence-corrected chi connectivity index (χ3v) is 3.55.